The van der Waals surface area contributed by atoms with Crippen LogP contribution in [0.15, 0.2) is 36.4 Å². The van der Waals surface area contributed by atoms with Crippen LogP contribution in [0.5, 0.6) is 0 Å². The molecule has 2 rings (SSSR count). The van der Waals surface area contributed by atoms with E-state index in [1.807, 2.05) is 0 Å². The van der Waals surface area contributed by atoms with Crippen LogP contribution in [0.2, 0.25) is 0 Å². The fourth-order valence-corrected chi connectivity index (χ4v) is 1.77. The molecule has 0 spiro atoms. The first-order valence-corrected chi connectivity index (χ1v) is 5.57. The predicted octanol–water partition coefficient (Wildman–Crippen LogP) is 4.35. The Morgan fingerprint density at radius 3 is 2.00 bits per heavy atom. The van der Waals surface area contributed by atoms with Crippen LogP contribution < -0.4 is 0 Å². The predicted molar refractivity (Wildman–Crippen MR) is 61.2 cm³/mol. The smallest absolute Gasteiger partial charge is 0.288 e. The minimum absolute atomic E-state index is 0.110. The number of hydrogen-bond acceptors (Lipinski definition) is 1. The van der Waals surface area contributed by atoms with Crippen LogP contribution in [0.25, 0.3) is 0 Å². The van der Waals surface area contributed by atoms with E-state index in [0.29, 0.717) is 6.07 Å². The summed E-state index contributed by atoms with van der Waals surface area (Å²) in [5.74, 6) is -5.87. The molecule has 0 atom stereocenters. The zero-order chi connectivity index (χ0) is 15.8. The van der Waals surface area contributed by atoms with Crippen molar-refractivity contribution < 1.29 is 31.1 Å². The summed E-state index contributed by atoms with van der Waals surface area (Å²) in [6, 6.07) is 4.04. The van der Waals surface area contributed by atoms with Crippen molar-refractivity contribution in [2.45, 2.75) is 6.18 Å². The molecule has 0 aliphatic carbocycles. The average molecular weight is 304 g/mol. The van der Waals surface area contributed by atoms with Gasteiger partial charge in [0.2, 0.25) is 0 Å². The summed E-state index contributed by atoms with van der Waals surface area (Å²) >= 11 is 0. The summed E-state index contributed by atoms with van der Waals surface area (Å²) in [4.78, 5) is 12.0. The summed E-state index contributed by atoms with van der Waals surface area (Å²) in [6.07, 6.45) is -4.83. The molecule has 0 saturated heterocycles. The Labute approximate surface area is 114 Å². The molecule has 0 aliphatic rings. The summed E-state index contributed by atoms with van der Waals surface area (Å²) in [7, 11) is 0. The van der Waals surface area contributed by atoms with Crippen molar-refractivity contribution in [1.29, 1.82) is 0 Å². The highest BCUT2D eigenvalue weighted by Gasteiger charge is 2.35. The van der Waals surface area contributed by atoms with Crippen molar-refractivity contribution in [3.63, 3.8) is 0 Å². The fourth-order valence-electron chi connectivity index (χ4n) is 1.77. The second-order valence-electron chi connectivity index (χ2n) is 4.12. The van der Waals surface area contributed by atoms with Crippen molar-refractivity contribution in [1.82, 2.24) is 0 Å². The third-order valence-electron chi connectivity index (χ3n) is 2.73. The lowest BCUT2D eigenvalue weighted by Gasteiger charge is -2.12. The molecule has 0 radical (unpaired) electrons. The molecule has 2 aromatic carbocycles. The molecular formula is C14H6F6O. The molecule has 1 nitrogen and oxygen atoms in total. The highest BCUT2D eigenvalue weighted by atomic mass is 19.4. The number of ketones is 1. The van der Waals surface area contributed by atoms with Crippen molar-refractivity contribution in [2.24, 2.45) is 0 Å². The Bertz CT molecular complexity index is 705. The minimum atomic E-state index is -4.83. The van der Waals surface area contributed by atoms with Crippen LogP contribution >= 0.6 is 0 Å². The lowest BCUT2D eigenvalue weighted by molar-refractivity contribution is -0.137. The first-order valence-electron chi connectivity index (χ1n) is 5.57. The molecule has 2 aromatic rings. The Hall–Kier alpha value is -2.31. The van der Waals surface area contributed by atoms with Gasteiger partial charge in [-0.15, -0.1) is 0 Å². The van der Waals surface area contributed by atoms with Gasteiger partial charge in [-0.25, -0.2) is 13.2 Å². The van der Waals surface area contributed by atoms with Gasteiger partial charge in [0.15, 0.2) is 17.4 Å². The van der Waals surface area contributed by atoms with Crippen molar-refractivity contribution in [3.05, 3.63) is 70.5 Å². The van der Waals surface area contributed by atoms with E-state index in [-0.39, 0.29) is 12.1 Å². The molecule has 21 heavy (non-hydrogen) atoms. The Morgan fingerprint density at radius 1 is 0.810 bits per heavy atom. The molecule has 0 bridgehead atoms. The average Bonchev–Trinajstić information content (AvgIpc) is 2.41. The normalized spacial score (nSPS) is 11.5. The maximum absolute atomic E-state index is 13.5. The standard InChI is InChI=1S/C14H6F6O/c15-10-6-12(17)11(16)5-8(10)13(21)7-3-1-2-4-9(7)14(18,19)20/h1-6H. The summed E-state index contributed by atoms with van der Waals surface area (Å²) in [6.45, 7) is 0. The maximum atomic E-state index is 13.5. The van der Waals surface area contributed by atoms with E-state index in [0.717, 1.165) is 18.2 Å². The summed E-state index contributed by atoms with van der Waals surface area (Å²) in [5, 5.41) is 0. The first-order chi connectivity index (χ1) is 9.71. The SMILES string of the molecule is O=C(c1cc(F)c(F)cc1F)c1ccccc1C(F)(F)F. The van der Waals surface area contributed by atoms with Crippen LogP contribution in [0.4, 0.5) is 26.3 Å². The topological polar surface area (TPSA) is 17.1 Å². The van der Waals surface area contributed by atoms with E-state index in [1.54, 1.807) is 0 Å². The van der Waals surface area contributed by atoms with Gasteiger partial charge in [-0.1, -0.05) is 18.2 Å². The van der Waals surface area contributed by atoms with Crippen molar-refractivity contribution in [2.75, 3.05) is 0 Å². The van der Waals surface area contributed by atoms with Gasteiger partial charge in [0.05, 0.1) is 11.1 Å². The molecule has 0 unspecified atom stereocenters. The van der Waals surface area contributed by atoms with Crippen LogP contribution in [0.1, 0.15) is 21.5 Å². The van der Waals surface area contributed by atoms with Gasteiger partial charge in [-0.3, -0.25) is 4.79 Å². The number of carbonyl (C=O) groups is 1. The molecule has 0 fully saturated rings. The number of alkyl halides is 3. The van der Waals surface area contributed by atoms with Gasteiger partial charge in [-0.05, 0) is 12.1 Å². The van der Waals surface area contributed by atoms with Gasteiger partial charge in [0.1, 0.15) is 5.82 Å². The summed E-state index contributed by atoms with van der Waals surface area (Å²) in [5.41, 5.74) is -3.08. The van der Waals surface area contributed by atoms with Gasteiger partial charge in [0, 0.05) is 11.6 Å². The zero-order valence-electron chi connectivity index (χ0n) is 10.1. The molecule has 110 valence electrons. The number of carbonyl (C=O) groups excluding carboxylic acids is 1. The third kappa shape index (κ3) is 2.91. The molecule has 0 heterocycles. The van der Waals surface area contributed by atoms with Crippen LogP contribution in [-0.2, 0) is 6.18 Å². The molecule has 0 aromatic heterocycles. The Kier molecular flexibility index (Phi) is 3.76. The number of benzene rings is 2. The minimum Gasteiger partial charge on any atom is -0.288 e. The van der Waals surface area contributed by atoms with Crippen LogP contribution in [-0.4, -0.2) is 5.78 Å². The second kappa shape index (κ2) is 5.23. The summed E-state index contributed by atoms with van der Waals surface area (Å²) < 4.78 is 77.7. The highest BCUT2D eigenvalue weighted by Crippen LogP contribution is 2.33. The van der Waals surface area contributed by atoms with E-state index >= 15 is 0 Å². The highest BCUT2D eigenvalue weighted by molar-refractivity contribution is 6.10. The molecular weight excluding hydrogens is 298 g/mol. The maximum Gasteiger partial charge on any atom is 0.417 e. The number of rotatable bonds is 2. The monoisotopic (exact) mass is 304 g/mol. The van der Waals surface area contributed by atoms with Gasteiger partial charge >= 0.3 is 6.18 Å². The van der Waals surface area contributed by atoms with E-state index in [4.69, 9.17) is 0 Å². The first kappa shape index (κ1) is 15.1. The molecule has 7 heteroatoms. The van der Waals surface area contributed by atoms with Gasteiger partial charge in [0.25, 0.3) is 0 Å². The quantitative estimate of drug-likeness (QED) is 0.458. The lowest BCUT2D eigenvalue weighted by Crippen LogP contribution is -2.15. The van der Waals surface area contributed by atoms with Crippen molar-refractivity contribution in [3.8, 4) is 0 Å². The number of halogens is 6. The van der Waals surface area contributed by atoms with Crippen LogP contribution in [0, 0.1) is 17.5 Å². The van der Waals surface area contributed by atoms with Crippen molar-refractivity contribution >= 4 is 5.78 Å². The Balaban J connectivity index is 2.59. The molecule has 0 aliphatic heterocycles. The third-order valence-corrected chi connectivity index (χ3v) is 2.73. The second-order valence-corrected chi connectivity index (χ2v) is 4.12. The molecule has 0 N–H and O–H groups in total. The van der Waals surface area contributed by atoms with E-state index in [9.17, 15) is 31.1 Å². The zero-order valence-corrected chi connectivity index (χ0v) is 10.1. The van der Waals surface area contributed by atoms with E-state index < -0.39 is 46.1 Å². The molecule has 0 saturated carbocycles. The fraction of sp³-hybridized carbons (Fsp3) is 0.0714. The lowest BCUT2D eigenvalue weighted by atomic mass is 9.97. The van der Waals surface area contributed by atoms with Gasteiger partial charge < -0.3 is 0 Å². The van der Waals surface area contributed by atoms with Crippen LogP contribution in [0.3, 0.4) is 0 Å². The Morgan fingerprint density at radius 2 is 1.38 bits per heavy atom. The van der Waals surface area contributed by atoms with E-state index in [1.165, 1.54) is 0 Å². The molecule has 0 amide bonds. The van der Waals surface area contributed by atoms with Gasteiger partial charge in [-0.2, -0.15) is 13.2 Å². The van der Waals surface area contributed by atoms with E-state index in [2.05, 4.69) is 0 Å². The number of hydrogen-bond donors (Lipinski definition) is 0. The largest absolute Gasteiger partial charge is 0.417 e.